The molecule has 0 radical (unpaired) electrons. The van der Waals surface area contributed by atoms with E-state index in [0.29, 0.717) is 22.6 Å². The van der Waals surface area contributed by atoms with E-state index in [1.54, 1.807) is 13.2 Å². The number of nitrogens with one attached hydrogen (secondary N) is 1. The van der Waals surface area contributed by atoms with Crippen molar-refractivity contribution in [3.63, 3.8) is 0 Å². The average Bonchev–Trinajstić information content (AvgIpc) is 2.35. The van der Waals surface area contributed by atoms with E-state index in [1.807, 2.05) is 32.0 Å². The van der Waals surface area contributed by atoms with Gasteiger partial charge in [0.25, 0.3) is 0 Å². The third kappa shape index (κ3) is 2.71. The van der Waals surface area contributed by atoms with E-state index in [-0.39, 0.29) is 0 Å². The van der Waals surface area contributed by atoms with Crippen molar-refractivity contribution >= 4 is 17.5 Å². The number of anilines is 1. The van der Waals surface area contributed by atoms with Crippen LogP contribution in [0.25, 0.3) is 0 Å². The van der Waals surface area contributed by atoms with E-state index in [1.165, 1.54) is 0 Å². The Bertz CT molecular complexity index is 572. The zero-order chi connectivity index (χ0) is 13.1. The van der Waals surface area contributed by atoms with Crippen molar-refractivity contribution in [3.8, 4) is 11.6 Å². The molecule has 94 valence electrons. The summed E-state index contributed by atoms with van der Waals surface area (Å²) in [6, 6.07) is 5.63. The van der Waals surface area contributed by atoms with Crippen LogP contribution in [0.1, 0.15) is 11.1 Å². The van der Waals surface area contributed by atoms with Crippen LogP contribution in [0.2, 0.25) is 5.02 Å². The molecule has 2 aromatic rings. The molecular weight excluding hydrogens is 250 g/mol. The van der Waals surface area contributed by atoms with Crippen LogP contribution in [0, 0.1) is 13.8 Å². The first-order chi connectivity index (χ1) is 8.60. The fraction of sp³-hybridized carbons (Fsp3) is 0.231. The number of halogens is 1. The molecule has 0 unspecified atom stereocenters. The summed E-state index contributed by atoms with van der Waals surface area (Å²) in [7, 11) is 1.76. The zero-order valence-corrected chi connectivity index (χ0v) is 11.2. The van der Waals surface area contributed by atoms with Crippen molar-refractivity contribution in [1.29, 1.82) is 0 Å². The summed E-state index contributed by atoms with van der Waals surface area (Å²) in [4.78, 5) is 8.35. The maximum Gasteiger partial charge on any atom is 0.227 e. The lowest BCUT2D eigenvalue weighted by Crippen LogP contribution is -1.99. The second kappa shape index (κ2) is 5.23. The van der Waals surface area contributed by atoms with Crippen LogP contribution in [-0.4, -0.2) is 17.0 Å². The largest absolute Gasteiger partial charge is 0.437 e. The minimum absolute atomic E-state index is 0.500. The molecule has 0 fully saturated rings. The first kappa shape index (κ1) is 12.6. The lowest BCUT2D eigenvalue weighted by Gasteiger charge is -2.10. The first-order valence-electron chi connectivity index (χ1n) is 5.55. The Kier molecular flexibility index (Phi) is 3.67. The first-order valence-corrected chi connectivity index (χ1v) is 5.93. The van der Waals surface area contributed by atoms with E-state index >= 15 is 0 Å². The summed E-state index contributed by atoms with van der Waals surface area (Å²) in [5, 5.41) is 3.44. The van der Waals surface area contributed by atoms with Gasteiger partial charge in [-0.1, -0.05) is 17.7 Å². The molecule has 0 saturated carbocycles. The SMILES string of the molecule is CNc1ncc(C)c(Oc2ccc(C)cc2Cl)n1. The topological polar surface area (TPSA) is 47.0 Å². The van der Waals surface area contributed by atoms with Crippen molar-refractivity contribution in [2.24, 2.45) is 0 Å². The van der Waals surface area contributed by atoms with Gasteiger partial charge < -0.3 is 10.1 Å². The smallest absolute Gasteiger partial charge is 0.227 e. The summed E-state index contributed by atoms with van der Waals surface area (Å²) >= 11 is 6.12. The predicted molar refractivity (Wildman–Crippen MR) is 72.6 cm³/mol. The van der Waals surface area contributed by atoms with Gasteiger partial charge in [0.1, 0.15) is 5.75 Å². The third-order valence-corrected chi connectivity index (χ3v) is 2.74. The monoisotopic (exact) mass is 263 g/mol. The Morgan fingerprint density at radius 1 is 1.28 bits per heavy atom. The number of aromatic nitrogens is 2. The molecule has 0 saturated heterocycles. The average molecular weight is 264 g/mol. The second-order valence-corrected chi connectivity index (χ2v) is 4.37. The van der Waals surface area contributed by atoms with E-state index in [0.717, 1.165) is 11.1 Å². The van der Waals surface area contributed by atoms with Gasteiger partial charge in [-0.3, -0.25) is 0 Å². The molecule has 1 aromatic heterocycles. The van der Waals surface area contributed by atoms with Crippen molar-refractivity contribution in [2.45, 2.75) is 13.8 Å². The van der Waals surface area contributed by atoms with Gasteiger partial charge in [-0.2, -0.15) is 4.98 Å². The van der Waals surface area contributed by atoms with E-state index in [4.69, 9.17) is 16.3 Å². The highest BCUT2D eigenvalue weighted by molar-refractivity contribution is 6.32. The number of hydrogen-bond acceptors (Lipinski definition) is 4. The quantitative estimate of drug-likeness (QED) is 0.919. The summed E-state index contributed by atoms with van der Waals surface area (Å²) in [5.74, 6) is 1.60. The van der Waals surface area contributed by atoms with Crippen LogP contribution in [-0.2, 0) is 0 Å². The molecule has 2 rings (SSSR count). The Morgan fingerprint density at radius 3 is 2.72 bits per heavy atom. The molecule has 5 heteroatoms. The maximum atomic E-state index is 6.12. The molecule has 4 nitrogen and oxygen atoms in total. The molecule has 1 N–H and O–H groups in total. The van der Waals surface area contributed by atoms with Gasteiger partial charge in [-0.15, -0.1) is 0 Å². The van der Waals surface area contributed by atoms with Gasteiger partial charge in [0, 0.05) is 18.8 Å². The van der Waals surface area contributed by atoms with Gasteiger partial charge in [0.2, 0.25) is 11.8 Å². The van der Waals surface area contributed by atoms with E-state index < -0.39 is 0 Å². The molecule has 0 aliphatic heterocycles. The molecule has 1 heterocycles. The van der Waals surface area contributed by atoms with Gasteiger partial charge in [-0.25, -0.2) is 4.98 Å². The van der Waals surface area contributed by atoms with Crippen LogP contribution in [0.5, 0.6) is 11.6 Å². The Hall–Kier alpha value is -1.81. The maximum absolute atomic E-state index is 6.12. The Labute approximate surface area is 111 Å². The summed E-state index contributed by atoms with van der Waals surface area (Å²) in [6.45, 7) is 3.86. The van der Waals surface area contributed by atoms with Crippen LogP contribution < -0.4 is 10.1 Å². The molecule has 0 aliphatic carbocycles. The molecular formula is C13H14ClN3O. The van der Waals surface area contributed by atoms with Crippen LogP contribution in [0.4, 0.5) is 5.95 Å². The summed E-state index contributed by atoms with van der Waals surface area (Å²) in [6.07, 6.45) is 1.70. The number of aryl methyl sites for hydroxylation is 2. The normalized spacial score (nSPS) is 10.2. The predicted octanol–water partition coefficient (Wildman–Crippen LogP) is 3.58. The van der Waals surface area contributed by atoms with Crippen molar-refractivity contribution in [2.75, 3.05) is 12.4 Å². The van der Waals surface area contributed by atoms with Gasteiger partial charge in [0.05, 0.1) is 5.02 Å². The Balaban J connectivity index is 2.33. The minimum Gasteiger partial charge on any atom is -0.437 e. The van der Waals surface area contributed by atoms with Crippen molar-refractivity contribution < 1.29 is 4.74 Å². The molecule has 18 heavy (non-hydrogen) atoms. The molecule has 0 aliphatic rings. The summed E-state index contributed by atoms with van der Waals surface area (Å²) in [5.41, 5.74) is 1.94. The highest BCUT2D eigenvalue weighted by Gasteiger charge is 2.08. The minimum atomic E-state index is 0.500. The zero-order valence-electron chi connectivity index (χ0n) is 10.5. The van der Waals surface area contributed by atoms with E-state index in [9.17, 15) is 0 Å². The highest BCUT2D eigenvalue weighted by Crippen LogP contribution is 2.30. The lowest BCUT2D eigenvalue weighted by molar-refractivity contribution is 0.458. The molecule has 0 spiro atoms. The van der Waals surface area contributed by atoms with Crippen molar-refractivity contribution in [1.82, 2.24) is 9.97 Å². The fourth-order valence-corrected chi connectivity index (χ4v) is 1.72. The van der Waals surface area contributed by atoms with Gasteiger partial charge >= 0.3 is 0 Å². The summed E-state index contributed by atoms with van der Waals surface area (Å²) < 4.78 is 5.71. The van der Waals surface area contributed by atoms with Gasteiger partial charge in [0.15, 0.2) is 0 Å². The van der Waals surface area contributed by atoms with Crippen LogP contribution in [0.3, 0.4) is 0 Å². The highest BCUT2D eigenvalue weighted by atomic mass is 35.5. The second-order valence-electron chi connectivity index (χ2n) is 3.97. The number of ether oxygens (including phenoxy) is 1. The fourth-order valence-electron chi connectivity index (χ4n) is 1.44. The van der Waals surface area contributed by atoms with Crippen molar-refractivity contribution in [3.05, 3.63) is 40.5 Å². The Morgan fingerprint density at radius 2 is 2.06 bits per heavy atom. The third-order valence-electron chi connectivity index (χ3n) is 2.44. The lowest BCUT2D eigenvalue weighted by atomic mass is 10.2. The van der Waals surface area contributed by atoms with Gasteiger partial charge in [-0.05, 0) is 31.5 Å². The number of benzene rings is 1. The molecule has 0 atom stereocenters. The molecule has 0 bridgehead atoms. The number of hydrogen-bond donors (Lipinski definition) is 1. The van der Waals surface area contributed by atoms with Crippen LogP contribution >= 0.6 is 11.6 Å². The number of nitrogens with zero attached hydrogens (tertiary/aromatic N) is 2. The number of rotatable bonds is 3. The molecule has 0 amide bonds. The molecule has 1 aromatic carbocycles. The van der Waals surface area contributed by atoms with Crippen LogP contribution in [0.15, 0.2) is 24.4 Å². The van der Waals surface area contributed by atoms with E-state index in [2.05, 4.69) is 15.3 Å². The standard InChI is InChI=1S/C13H14ClN3O/c1-8-4-5-11(10(14)6-8)18-12-9(2)7-16-13(15-3)17-12/h4-7H,1-3H3,(H,15,16,17).